The van der Waals surface area contributed by atoms with Gasteiger partial charge in [-0.1, -0.05) is 0 Å². The van der Waals surface area contributed by atoms with E-state index in [1.165, 1.54) is 27.7 Å². The third kappa shape index (κ3) is 6.44. The van der Waals surface area contributed by atoms with Crippen LogP contribution in [-0.2, 0) is 19.2 Å². The molecule has 0 aliphatic carbocycles. The van der Waals surface area contributed by atoms with E-state index < -0.39 is 12.1 Å². The summed E-state index contributed by atoms with van der Waals surface area (Å²) < 4.78 is 0. The standard InChI is InChI=1S/C11H18N2O4/c1-6(14)5-10(12-8(3)16)11(7(2)15)13-9(4)17/h10-11H,5H2,1-4H3,(H,12,16)(H,13,17). The minimum absolute atomic E-state index is 0.00407. The van der Waals surface area contributed by atoms with Gasteiger partial charge in [-0.25, -0.2) is 0 Å². The third-order valence-corrected chi connectivity index (χ3v) is 2.10. The number of nitrogens with one attached hydrogen (secondary N) is 2. The molecule has 17 heavy (non-hydrogen) atoms. The lowest BCUT2D eigenvalue weighted by Crippen LogP contribution is -2.54. The summed E-state index contributed by atoms with van der Waals surface area (Å²) in [6, 6.07) is -1.58. The minimum Gasteiger partial charge on any atom is -0.351 e. The molecule has 0 aromatic carbocycles. The van der Waals surface area contributed by atoms with Crippen LogP contribution in [0.25, 0.3) is 0 Å². The van der Waals surface area contributed by atoms with Crippen LogP contribution in [0.2, 0.25) is 0 Å². The molecule has 0 radical (unpaired) electrons. The number of carbonyl (C=O) groups is 4. The van der Waals surface area contributed by atoms with Gasteiger partial charge in [0.15, 0.2) is 5.78 Å². The highest BCUT2D eigenvalue weighted by molar-refractivity contribution is 5.89. The molecular formula is C11H18N2O4. The van der Waals surface area contributed by atoms with E-state index in [0.29, 0.717) is 0 Å². The van der Waals surface area contributed by atoms with Crippen molar-refractivity contribution < 1.29 is 19.2 Å². The van der Waals surface area contributed by atoms with Crippen molar-refractivity contribution in [3.8, 4) is 0 Å². The minimum atomic E-state index is -0.875. The molecule has 0 heterocycles. The van der Waals surface area contributed by atoms with Crippen LogP contribution in [-0.4, -0.2) is 35.5 Å². The normalized spacial score (nSPS) is 13.4. The van der Waals surface area contributed by atoms with Crippen LogP contribution in [0.3, 0.4) is 0 Å². The van der Waals surface area contributed by atoms with Crippen LogP contribution in [0.5, 0.6) is 0 Å². The van der Waals surface area contributed by atoms with Crippen LogP contribution in [0, 0.1) is 0 Å². The molecule has 0 fully saturated rings. The Kier molecular flexibility index (Phi) is 6.09. The lowest BCUT2D eigenvalue weighted by atomic mass is 9.99. The van der Waals surface area contributed by atoms with Gasteiger partial charge in [-0.2, -0.15) is 0 Å². The maximum absolute atomic E-state index is 11.4. The summed E-state index contributed by atoms with van der Waals surface area (Å²) >= 11 is 0. The van der Waals surface area contributed by atoms with Gasteiger partial charge in [0, 0.05) is 20.3 Å². The highest BCUT2D eigenvalue weighted by Crippen LogP contribution is 2.03. The monoisotopic (exact) mass is 242 g/mol. The highest BCUT2D eigenvalue weighted by atomic mass is 16.2. The first-order valence-corrected chi connectivity index (χ1v) is 5.28. The average molecular weight is 242 g/mol. The van der Waals surface area contributed by atoms with Crippen LogP contribution in [0.4, 0.5) is 0 Å². The fraction of sp³-hybridized carbons (Fsp3) is 0.636. The summed E-state index contributed by atoms with van der Waals surface area (Å²) in [6.07, 6.45) is 0.00407. The Hall–Kier alpha value is -1.72. The Morgan fingerprint density at radius 3 is 1.65 bits per heavy atom. The second kappa shape index (κ2) is 6.78. The van der Waals surface area contributed by atoms with E-state index in [9.17, 15) is 19.2 Å². The smallest absolute Gasteiger partial charge is 0.217 e. The van der Waals surface area contributed by atoms with Crippen molar-refractivity contribution in [2.75, 3.05) is 0 Å². The van der Waals surface area contributed by atoms with E-state index >= 15 is 0 Å². The number of Topliss-reactive ketones (excluding diaryl/α,β-unsaturated/α-hetero) is 2. The first-order chi connectivity index (χ1) is 7.73. The molecule has 0 aromatic rings. The van der Waals surface area contributed by atoms with Crippen LogP contribution < -0.4 is 10.6 Å². The molecule has 2 N–H and O–H groups in total. The van der Waals surface area contributed by atoms with Gasteiger partial charge in [0.1, 0.15) is 11.8 Å². The molecule has 6 nitrogen and oxygen atoms in total. The van der Waals surface area contributed by atoms with Crippen molar-refractivity contribution >= 4 is 23.4 Å². The molecule has 0 rings (SSSR count). The van der Waals surface area contributed by atoms with Gasteiger partial charge in [-0.3, -0.25) is 19.2 Å². The Morgan fingerprint density at radius 1 is 0.882 bits per heavy atom. The molecule has 0 aliphatic rings. The second-order valence-electron chi connectivity index (χ2n) is 4.00. The lowest BCUT2D eigenvalue weighted by molar-refractivity contribution is -0.128. The summed E-state index contributed by atoms with van der Waals surface area (Å²) in [7, 11) is 0. The maximum atomic E-state index is 11.4. The molecule has 2 amide bonds. The van der Waals surface area contributed by atoms with Crippen molar-refractivity contribution in [2.24, 2.45) is 0 Å². The highest BCUT2D eigenvalue weighted by Gasteiger charge is 2.28. The SMILES string of the molecule is CC(=O)CC(NC(C)=O)C(NC(C)=O)C(C)=O. The topological polar surface area (TPSA) is 92.3 Å². The van der Waals surface area contributed by atoms with Crippen molar-refractivity contribution in [3.63, 3.8) is 0 Å². The fourth-order valence-corrected chi connectivity index (χ4v) is 1.53. The molecule has 2 unspecified atom stereocenters. The molecule has 0 aliphatic heterocycles. The molecule has 96 valence electrons. The Morgan fingerprint density at radius 2 is 1.35 bits per heavy atom. The zero-order valence-corrected chi connectivity index (χ0v) is 10.5. The number of hydrogen-bond donors (Lipinski definition) is 2. The predicted molar refractivity (Wildman–Crippen MR) is 61.2 cm³/mol. The Labute approximate surface area is 100 Å². The first kappa shape index (κ1) is 15.3. The number of amides is 2. The maximum Gasteiger partial charge on any atom is 0.217 e. The van der Waals surface area contributed by atoms with Gasteiger partial charge in [0.05, 0.1) is 6.04 Å². The van der Waals surface area contributed by atoms with Gasteiger partial charge in [-0.15, -0.1) is 0 Å². The van der Waals surface area contributed by atoms with Gasteiger partial charge >= 0.3 is 0 Å². The van der Waals surface area contributed by atoms with E-state index in [4.69, 9.17) is 0 Å². The molecule has 0 spiro atoms. The third-order valence-electron chi connectivity index (χ3n) is 2.10. The fourth-order valence-electron chi connectivity index (χ4n) is 1.53. The van der Waals surface area contributed by atoms with E-state index in [-0.39, 0.29) is 29.8 Å². The number of rotatable bonds is 6. The van der Waals surface area contributed by atoms with Gasteiger partial charge in [0.25, 0.3) is 0 Å². The lowest BCUT2D eigenvalue weighted by Gasteiger charge is -2.25. The number of hydrogen-bond acceptors (Lipinski definition) is 4. The molecule has 0 aromatic heterocycles. The van der Waals surface area contributed by atoms with E-state index in [0.717, 1.165) is 0 Å². The first-order valence-electron chi connectivity index (χ1n) is 5.28. The zero-order chi connectivity index (χ0) is 13.6. The summed E-state index contributed by atoms with van der Waals surface area (Å²) in [5.41, 5.74) is 0. The molecule has 0 saturated carbocycles. The summed E-state index contributed by atoms with van der Waals surface area (Å²) in [4.78, 5) is 44.5. The number of ketones is 2. The zero-order valence-electron chi connectivity index (χ0n) is 10.5. The predicted octanol–water partition coefficient (Wildman–Crippen LogP) is -0.436. The average Bonchev–Trinajstić information content (AvgIpc) is 2.10. The van der Waals surface area contributed by atoms with Gasteiger partial charge < -0.3 is 10.6 Å². The second-order valence-corrected chi connectivity index (χ2v) is 4.00. The van der Waals surface area contributed by atoms with E-state index in [1.54, 1.807) is 0 Å². The van der Waals surface area contributed by atoms with Crippen LogP contribution in [0.1, 0.15) is 34.1 Å². The van der Waals surface area contributed by atoms with Crippen molar-refractivity contribution in [1.82, 2.24) is 10.6 Å². The quantitative estimate of drug-likeness (QED) is 0.660. The van der Waals surface area contributed by atoms with Gasteiger partial charge in [0.2, 0.25) is 11.8 Å². The summed E-state index contributed by atoms with van der Waals surface area (Å²) in [6.45, 7) is 5.22. The van der Waals surface area contributed by atoms with Crippen molar-refractivity contribution in [2.45, 2.75) is 46.2 Å². The molecule has 0 bridgehead atoms. The van der Waals surface area contributed by atoms with E-state index in [1.807, 2.05) is 0 Å². The van der Waals surface area contributed by atoms with E-state index in [2.05, 4.69) is 10.6 Å². The molecular weight excluding hydrogens is 224 g/mol. The molecule has 6 heteroatoms. The van der Waals surface area contributed by atoms with Gasteiger partial charge in [-0.05, 0) is 13.8 Å². The Bertz CT molecular complexity index is 322. The van der Waals surface area contributed by atoms with Crippen LogP contribution >= 0.6 is 0 Å². The summed E-state index contributed by atoms with van der Waals surface area (Å²) in [5, 5.41) is 4.94. The largest absolute Gasteiger partial charge is 0.351 e. The molecule has 2 atom stereocenters. The van der Waals surface area contributed by atoms with Crippen molar-refractivity contribution in [3.05, 3.63) is 0 Å². The Balaban J connectivity index is 4.91. The number of carbonyl (C=O) groups excluding carboxylic acids is 4. The van der Waals surface area contributed by atoms with Crippen LogP contribution in [0.15, 0.2) is 0 Å². The summed E-state index contributed by atoms with van der Waals surface area (Å²) in [5.74, 6) is -1.21. The molecule has 0 saturated heterocycles. The van der Waals surface area contributed by atoms with Crippen molar-refractivity contribution in [1.29, 1.82) is 0 Å².